The Morgan fingerprint density at radius 1 is 0.585 bits per heavy atom. The molecule has 0 unspecified atom stereocenters. The minimum Gasteiger partial charge on any atom is -0.497 e. The van der Waals surface area contributed by atoms with Crippen LogP contribution in [0.2, 0.25) is 0 Å². The van der Waals surface area contributed by atoms with Crippen LogP contribution in [0.5, 0.6) is 23.0 Å². The zero-order valence-corrected chi connectivity index (χ0v) is 23.9. The number of ketones is 2. The van der Waals surface area contributed by atoms with Gasteiger partial charge in [-0.3, -0.25) is 9.59 Å². The number of benzene rings is 2. The van der Waals surface area contributed by atoms with E-state index in [1.54, 1.807) is 18.2 Å². The molecule has 228 valence electrons. The lowest BCUT2D eigenvalue weighted by Crippen LogP contribution is -2.16. The third-order valence-electron chi connectivity index (χ3n) is 5.45. The van der Waals surface area contributed by atoms with Gasteiger partial charge in [-0.25, -0.2) is 0 Å². The molecule has 0 atom stereocenters. The predicted octanol–water partition coefficient (Wildman–Crippen LogP) is 2.23. The van der Waals surface area contributed by atoms with Gasteiger partial charge in [-0.2, -0.15) is 0 Å². The average molecular weight is 581 g/mol. The molecule has 0 aliphatic heterocycles. The maximum absolute atomic E-state index is 13.0. The summed E-state index contributed by atoms with van der Waals surface area (Å²) < 4.78 is 48.5. The van der Waals surface area contributed by atoms with E-state index in [9.17, 15) is 9.59 Å². The Hall–Kier alpha value is -3.26. The Bertz CT molecular complexity index is 1040. The first kappa shape index (κ1) is 33.9. The van der Waals surface area contributed by atoms with Crippen LogP contribution in [0.25, 0.3) is 0 Å². The van der Waals surface area contributed by atoms with Gasteiger partial charge >= 0.3 is 0 Å². The summed E-state index contributed by atoms with van der Waals surface area (Å²) in [5.41, 5.74) is 0.306. The largest absolute Gasteiger partial charge is 0.497 e. The first-order valence-corrected chi connectivity index (χ1v) is 13.2. The van der Waals surface area contributed by atoms with Crippen molar-refractivity contribution in [3.8, 4) is 23.0 Å². The number of hydrogen-bond donors (Lipinski definition) is 1. The van der Waals surface area contributed by atoms with E-state index < -0.39 is 11.6 Å². The molecule has 0 aromatic heterocycles. The van der Waals surface area contributed by atoms with E-state index in [2.05, 4.69) is 0 Å². The molecule has 0 bridgehead atoms. The molecule has 12 nitrogen and oxygen atoms in total. The number of ether oxygens (including phenoxy) is 9. The molecule has 0 radical (unpaired) electrons. The highest BCUT2D eigenvalue weighted by atomic mass is 16.6. The molecular formula is C29H40O12. The normalized spacial score (nSPS) is 10.8. The van der Waals surface area contributed by atoms with E-state index in [1.165, 1.54) is 39.5 Å². The van der Waals surface area contributed by atoms with Crippen LogP contribution < -0.4 is 18.9 Å². The Morgan fingerprint density at radius 3 is 1.61 bits per heavy atom. The second-order valence-corrected chi connectivity index (χ2v) is 8.23. The second-order valence-electron chi connectivity index (χ2n) is 8.23. The van der Waals surface area contributed by atoms with Crippen LogP contribution in [0, 0.1) is 0 Å². The predicted molar refractivity (Wildman–Crippen MR) is 148 cm³/mol. The minimum atomic E-state index is -0.724. The molecule has 0 saturated heterocycles. The van der Waals surface area contributed by atoms with Gasteiger partial charge in [-0.15, -0.1) is 0 Å². The Kier molecular flexibility index (Phi) is 17.0. The van der Waals surface area contributed by atoms with Crippen LogP contribution in [-0.4, -0.2) is 117 Å². The third-order valence-corrected chi connectivity index (χ3v) is 5.45. The Balaban J connectivity index is 1.71. The van der Waals surface area contributed by atoms with Gasteiger partial charge in [0, 0.05) is 11.1 Å². The van der Waals surface area contributed by atoms with Crippen molar-refractivity contribution in [2.45, 2.75) is 0 Å². The maximum Gasteiger partial charge on any atom is 0.233 e. The summed E-state index contributed by atoms with van der Waals surface area (Å²) in [7, 11) is 4.37. The quantitative estimate of drug-likeness (QED) is 0.111. The highest BCUT2D eigenvalue weighted by molar-refractivity contribution is 6.49. The van der Waals surface area contributed by atoms with E-state index in [0.717, 1.165) is 0 Å². The van der Waals surface area contributed by atoms with Crippen molar-refractivity contribution in [1.82, 2.24) is 0 Å². The molecule has 2 aromatic rings. The molecule has 0 spiro atoms. The monoisotopic (exact) mass is 580 g/mol. The fourth-order valence-electron chi connectivity index (χ4n) is 3.45. The van der Waals surface area contributed by atoms with Crippen LogP contribution >= 0.6 is 0 Å². The number of carbonyl (C=O) groups is 2. The lowest BCUT2D eigenvalue weighted by atomic mass is 10.0. The van der Waals surface area contributed by atoms with Crippen molar-refractivity contribution in [2.24, 2.45) is 0 Å². The molecule has 2 aromatic carbocycles. The first-order valence-electron chi connectivity index (χ1n) is 13.2. The summed E-state index contributed by atoms with van der Waals surface area (Å²) in [6.07, 6.45) is 0. The van der Waals surface area contributed by atoms with Crippen molar-refractivity contribution in [1.29, 1.82) is 0 Å². The van der Waals surface area contributed by atoms with Gasteiger partial charge in [0.2, 0.25) is 17.3 Å². The molecule has 1 N–H and O–H groups in total. The number of rotatable bonds is 24. The fraction of sp³-hybridized carbons (Fsp3) is 0.517. The first-order chi connectivity index (χ1) is 20.0. The Morgan fingerprint density at radius 2 is 1.10 bits per heavy atom. The molecule has 41 heavy (non-hydrogen) atoms. The minimum absolute atomic E-state index is 0.00147. The molecule has 0 aliphatic carbocycles. The van der Waals surface area contributed by atoms with Gasteiger partial charge in [0.25, 0.3) is 0 Å². The molecular weight excluding hydrogens is 540 g/mol. The highest BCUT2D eigenvalue weighted by Gasteiger charge is 2.23. The molecule has 0 amide bonds. The summed E-state index contributed by atoms with van der Waals surface area (Å²) in [5.74, 6) is -0.156. The van der Waals surface area contributed by atoms with Crippen LogP contribution in [-0.2, 0) is 23.7 Å². The van der Waals surface area contributed by atoms with Crippen molar-refractivity contribution >= 4 is 11.6 Å². The summed E-state index contributed by atoms with van der Waals surface area (Å²) in [6, 6.07) is 9.26. The van der Waals surface area contributed by atoms with Crippen LogP contribution in [0.1, 0.15) is 20.7 Å². The zero-order chi connectivity index (χ0) is 29.7. The summed E-state index contributed by atoms with van der Waals surface area (Å²) >= 11 is 0. The van der Waals surface area contributed by atoms with E-state index in [-0.39, 0.29) is 42.4 Å². The van der Waals surface area contributed by atoms with Gasteiger partial charge in [-0.05, 0) is 24.3 Å². The number of aliphatic hydroxyl groups excluding tert-OH is 1. The summed E-state index contributed by atoms with van der Waals surface area (Å²) in [6.45, 7) is 4.13. The number of methoxy groups -OCH3 is 3. The van der Waals surface area contributed by atoms with Crippen molar-refractivity contribution < 1.29 is 57.3 Å². The molecule has 0 fully saturated rings. The second kappa shape index (κ2) is 20.6. The lowest BCUT2D eigenvalue weighted by Gasteiger charge is -2.15. The van der Waals surface area contributed by atoms with Crippen molar-refractivity contribution in [2.75, 3.05) is 101 Å². The number of aliphatic hydroxyl groups is 1. The molecule has 12 heteroatoms. The van der Waals surface area contributed by atoms with Gasteiger partial charge in [-0.1, -0.05) is 12.1 Å². The van der Waals surface area contributed by atoms with Crippen LogP contribution in [0.15, 0.2) is 36.4 Å². The standard InChI is InChI=1S/C29H40O12/c1-33-24-6-4-5-22(19-24)27(31)28(32)23-20-25(34-2)29(35-3)26(21-23)41-18-17-40-16-15-39-14-13-38-12-11-37-10-9-36-8-7-30/h4-6,19-21,30H,7-18H2,1-3H3. The highest BCUT2D eigenvalue weighted by Crippen LogP contribution is 2.38. The van der Waals surface area contributed by atoms with E-state index >= 15 is 0 Å². The van der Waals surface area contributed by atoms with Gasteiger partial charge < -0.3 is 47.7 Å². The van der Waals surface area contributed by atoms with Crippen molar-refractivity contribution in [3.05, 3.63) is 47.5 Å². The van der Waals surface area contributed by atoms with Gasteiger partial charge in [0.1, 0.15) is 12.4 Å². The van der Waals surface area contributed by atoms with Crippen LogP contribution in [0.3, 0.4) is 0 Å². The van der Waals surface area contributed by atoms with Crippen molar-refractivity contribution in [3.63, 3.8) is 0 Å². The molecule has 0 aliphatic rings. The zero-order valence-electron chi connectivity index (χ0n) is 23.9. The third kappa shape index (κ3) is 12.4. The summed E-state index contributed by atoms with van der Waals surface area (Å²) in [4.78, 5) is 25.8. The summed E-state index contributed by atoms with van der Waals surface area (Å²) in [5, 5.41) is 8.60. The van der Waals surface area contributed by atoms with E-state index in [1.807, 2.05) is 0 Å². The SMILES string of the molecule is COc1cccc(C(=O)C(=O)c2cc(OC)c(OC)c(OCCOCCOCCOCCOCCOCCO)c2)c1. The topological polar surface area (TPSA) is 137 Å². The smallest absolute Gasteiger partial charge is 0.233 e. The Labute approximate surface area is 240 Å². The maximum atomic E-state index is 13.0. The van der Waals surface area contributed by atoms with E-state index in [4.69, 9.17) is 47.7 Å². The molecule has 2 rings (SSSR count). The molecule has 0 saturated carbocycles. The number of hydrogen-bond acceptors (Lipinski definition) is 12. The van der Waals surface area contributed by atoms with Gasteiger partial charge in [0.15, 0.2) is 11.5 Å². The average Bonchev–Trinajstić information content (AvgIpc) is 3.01. The number of Topliss-reactive ketones (excluding diaryl/α,β-unsaturated/α-hetero) is 2. The lowest BCUT2D eigenvalue weighted by molar-refractivity contribution is -0.0147. The fourth-order valence-corrected chi connectivity index (χ4v) is 3.45. The molecule has 0 heterocycles. The number of carbonyl (C=O) groups excluding carboxylic acids is 2. The van der Waals surface area contributed by atoms with Crippen LogP contribution in [0.4, 0.5) is 0 Å². The van der Waals surface area contributed by atoms with Gasteiger partial charge in [0.05, 0.1) is 94.0 Å². The van der Waals surface area contributed by atoms with E-state index in [0.29, 0.717) is 71.0 Å².